The highest BCUT2D eigenvalue weighted by Gasteiger charge is 2.42. The minimum absolute atomic E-state index is 0.0645. The fourth-order valence-electron chi connectivity index (χ4n) is 3.63. The van der Waals surface area contributed by atoms with Crippen molar-refractivity contribution in [2.24, 2.45) is 0 Å². The minimum Gasteiger partial charge on any atom is -0.323 e. The molecular weight excluding hydrogens is 385 g/mol. The van der Waals surface area contributed by atoms with Crippen molar-refractivity contribution < 1.29 is 22.4 Å². The number of hydrogen-bond donors (Lipinski definition) is 1. The van der Waals surface area contributed by atoms with Crippen LogP contribution in [0.4, 0.5) is 15.8 Å². The number of carbonyl (C=O) groups excluding carboxylic acids is 2. The Morgan fingerprint density at radius 2 is 1.82 bits per heavy atom. The maximum Gasteiger partial charge on any atom is 0.245 e. The van der Waals surface area contributed by atoms with E-state index in [0.29, 0.717) is 24.2 Å². The van der Waals surface area contributed by atoms with E-state index in [2.05, 4.69) is 5.32 Å². The molecule has 0 aliphatic carbocycles. The largest absolute Gasteiger partial charge is 0.323 e. The van der Waals surface area contributed by atoms with Gasteiger partial charge < -0.3 is 5.32 Å². The number of fused-ring (bicyclic) bond motifs is 1. The average molecular weight is 403 g/mol. The number of para-hydroxylation sites is 2. The first kappa shape index (κ1) is 18.6. The van der Waals surface area contributed by atoms with Gasteiger partial charge in [-0.1, -0.05) is 12.1 Å². The van der Waals surface area contributed by atoms with Crippen LogP contribution in [0.25, 0.3) is 0 Å². The summed E-state index contributed by atoms with van der Waals surface area (Å²) in [5, 5.41) is 2.71. The third kappa shape index (κ3) is 3.16. The third-order valence-corrected chi connectivity index (χ3v) is 6.87. The molecule has 2 aliphatic rings. The lowest BCUT2D eigenvalue weighted by Crippen LogP contribution is -2.51. The lowest BCUT2D eigenvalue weighted by Gasteiger charge is -2.33. The van der Waals surface area contributed by atoms with Crippen molar-refractivity contribution in [1.29, 1.82) is 0 Å². The van der Waals surface area contributed by atoms with E-state index in [-0.39, 0.29) is 23.9 Å². The van der Waals surface area contributed by atoms with Gasteiger partial charge in [-0.3, -0.25) is 14.5 Å². The summed E-state index contributed by atoms with van der Waals surface area (Å²) in [4.78, 5) is 26.5. The second kappa shape index (κ2) is 6.99. The number of amides is 2. The Bertz CT molecular complexity index is 1040. The molecule has 0 saturated carbocycles. The van der Waals surface area contributed by atoms with Crippen LogP contribution < -0.4 is 10.2 Å². The van der Waals surface area contributed by atoms with Crippen LogP contribution in [0.5, 0.6) is 0 Å². The molecule has 1 N–H and O–H groups in total. The van der Waals surface area contributed by atoms with Crippen molar-refractivity contribution >= 4 is 33.2 Å². The van der Waals surface area contributed by atoms with E-state index in [1.807, 2.05) is 0 Å². The molecule has 0 radical (unpaired) electrons. The molecule has 0 spiro atoms. The Morgan fingerprint density at radius 3 is 2.57 bits per heavy atom. The van der Waals surface area contributed by atoms with Gasteiger partial charge in [0.2, 0.25) is 21.8 Å². The molecule has 2 heterocycles. The molecule has 0 aromatic heterocycles. The highest BCUT2D eigenvalue weighted by atomic mass is 32.2. The number of hydrogen-bond acceptors (Lipinski definition) is 4. The predicted octanol–water partition coefficient (Wildman–Crippen LogP) is 1.96. The zero-order valence-corrected chi connectivity index (χ0v) is 15.7. The Labute approximate surface area is 161 Å². The minimum atomic E-state index is -3.96. The standard InChI is InChI=1S/C19H18FN3O4S/c20-13-7-9-14(10-8-13)28(26,27)23-11-3-6-17(23)19(25)22-12-18(24)21-15-4-1-2-5-16(15)22/h1-2,4-5,7-10,17H,3,6,11-12H2,(H,21,24). The van der Waals surface area contributed by atoms with E-state index in [1.165, 1.54) is 17.0 Å². The van der Waals surface area contributed by atoms with E-state index >= 15 is 0 Å². The second-order valence-corrected chi connectivity index (χ2v) is 8.61. The lowest BCUT2D eigenvalue weighted by atomic mass is 10.1. The third-order valence-electron chi connectivity index (χ3n) is 4.95. The zero-order valence-electron chi connectivity index (χ0n) is 14.8. The molecule has 7 nitrogen and oxygen atoms in total. The quantitative estimate of drug-likeness (QED) is 0.849. The molecule has 2 aromatic carbocycles. The number of nitrogens with zero attached hydrogens (tertiary/aromatic N) is 2. The SMILES string of the molecule is O=C1CN(C(=O)C2CCCN2S(=O)(=O)c2ccc(F)cc2)c2ccccc2N1. The van der Waals surface area contributed by atoms with Gasteiger partial charge in [0.05, 0.1) is 16.3 Å². The van der Waals surface area contributed by atoms with Gasteiger partial charge in [-0.25, -0.2) is 12.8 Å². The maximum absolute atomic E-state index is 13.2. The molecule has 2 aromatic rings. The summed E-state index contributed by atoms with van der Waals surface area (Å²) < 4.78 is 40.3. The molecule has 28 heavy (non-hydrogen) atoms. The Balaban J connectivity index is 1.66. The van der Waals surface area contributed by atoms with Crippen LogP contribution >= 0.6 is 0 Å². The van der Waals surface area contributed by atoms with Gasteiger partial charge in [-0.2, -0.15) is 4.31 Å². The molecule has 1 atom stereocenters. The topological polar surface area (TPSA) is 86.8 Å². The molecule has 1 unspecified atom stereocenters. The van der Waals surface area contributed by atoms with Crippen molar-refractivity contribution in [2.45, 2.75) is 23.8 Å². The molecule has 4 rings (SSSR count). The van der Waals surface area contributed by atoms with Crippen molar-refractivity contribution in [3.8, 4) is 0 Å². The fourth-order valence-corrected chi connectivity index (χ4v) is 5.28. The lowest BCUT2D eigenvalue weighted by molar-refractivity contribution is -0.124. The van der Waals surface area contributed by atoms with Crippen molar-refractivity contribution in [2.75, 3.05) is 23.3 Å². The molecule has 1 fully saturated rings. The van der Waals surface area contributed by atoms with Crippen LogP contribution in [0.15, 0.2) is 53.4 Å². The number of benzene rings is 2. The van der Waals surface area contributed by atoms with Gasteiger partial charge in [0.15, 0.2) is 0 Å². The van der Waals surface area contributed by atoms with Gasteiger partial charge in [0.1, 0.15) is 18.4 Å². The second-order valence-electron chi connectivity index (χ2n) is 6.72. The maximum atomic E-state index is 13.2. The van der Waals surface area contributed by atoms with E-state index in [9.17, 15) is 22.4 Å². The Morgan fingerprint density at radius 1 is 1.11 bits per heavy atom. The van der Waals surface area contributed by atoms with Crippen LogP contribution in [-0.4, -0.2) is 43.7 Å². The Kier molecular flexibility index (Phi) is 4.64. The number of anilines is 2. The number of rotatable bonds is 3. The molecule has 9 heteroatoms. The molecule has 146 valence electrons. The molecular formula is C19H18FN3O4S. The van der Waals surface area contributed by atoms with Crippen LogP contribution in [0.3, 0.4) is 0 Å². The van der Waals surface area contributed by atoms with Crippen molar-refractivity contribution in [3.05, 3.63) is 54.3 Å². The number of sulfonamides is 1. The van der Waals surface area contributed by atoms with Crippen LogP contribution in [-0.2, 0) is 19.6 Å². The van der Waals surface area contributed by atoms with Crippen molar-refractivity contribution in [3.63, 3.8) is 0 Å². The van der Waals surface area contributed by atoms with Gasteiger partial charge in [-0.15, -0.1) is 0 Å². The fraction of sp³-hybridized carbons (Fsp3) is 0.263. The van der Waals surface area contributed by atoms with E-state index in [4.69, 9.17) is 0 Å². The zero-order chi connectivity index (χ0) is 19.9. The van der Waals surface area contributed by atoms with Crippen LogP contribution in [0.1, 0.15) is 12.8 Å². The van der Waals surface area contributed by atoms with Crippen LogP contribution in [0, 0.1) is 5.82 Å². The highest BCUT2D eigenvalue weighted by Crippen LogP contribution is 2.33. The summed E-state index contributed by atoms with van der Waals surface area (Å²) in [7, 11) is -3.96. The first-order valence-electron chi connectivity index (χ1n) is 8.85. The van der Waals surface area contributed by atoms with E-state index in [1.54, 1.807) is 24.3 Å². The summed E-state index contributed by atoms with van der Waals surface area (Å²) in [5.41, 5.74) is 1.05. The molecule has 0 bridgehead atoms. The summed E-state index contributed by atoms with van der Waals surface area (Å²) in [6.45, 7) is 0.0224. The summed E-state index contributed by atoms with van der Waals surface area (Å²) in [6.07, 6.45) is 0.887. The van der Waals surface area contributed by atoms with Crippen LogP contribution in [0.2, 0.25) is 0 Å². The molecule has 2 aliphatic heterocycles. The normalized spacial score (nSPS) is 20.0. The van der Waals surface area contributed by atoms with Crippen molar-refractivity contribution in [1.82, 2.24) is 4.31 Å². The van der Waals surface area contributed by atoms with E-state index in [0.717, 1.165) is 16.4 Å². The van der Waals surface area contributed by atoms with E-state index < -0.39 is 27.8 Å². The molecule has 1 saturated heterocycles. The molecule has 2 amide bonds. The summed E-state index contributed by atoms with van der Waals surface area (Å²) in [6, 6.07) is 10.5. The summed E-state index contributed by atoms with van der Waals surface area (Å²) >= 11 is 0. The predicted molar refractivity (Wildman–Crippen MR) is 101 cm³/mol. The van der Waals surface area contributed by atoms with Gasteiger partial charge in [-0.05, 0) is 49.2 Å². The van der Waals surface area contributed by atoms with Gasteiger partial charge in [0, 0.05) is 6.54 Å². The first-order chi connectivity index (χ1) is 13.4. The van der Waals surface area contributed by atoms with Gasteiger partial charge >= 0.3 is 0 Å². The smallest absolute Gasteiger partial charge is 0.245 e. The average Bonchev–Trinajstić information content (AvgIpc) is 3.18. The number of halogens is 1. The number of carbonyl (C=O) groups is 2. The first-order valence-corrected chi connectivity index (χ1v) is 10.3. The summed E-state index contributed by atoms with van der Waals surface area (Å²) in [5.74, 6) is -1.31. The number of nitrogens with one attached hydrogen (secondary N) is 1. The Hall–Kier alpha value is -2.78. The highest BCUT2D eigenvalue weighted by molar-refractivity contribution is 7.89. The monoisotopic (exact) mass is 403 g/mol. The van der Waals surface area contributed by atoms with Gasteiger partial charge in [0.25, 0.3) is 0 Å².